The third kappa shape index (κ3) is 3.18. The van der Waals surface area contributed by atoms with Crippen molar-refractivity contribution in [3.8, 4) is 0 Å². The zero-order valence-electron chi connectivity index (χ0n) is 12.1. The number of hydrogen-bond donors (Lipinski definition) is 1. The Balaban J connectivity index is 2.13. The van der Waals surface area contributed by atoms with Gasteiger partial charge in [-0.25, -0.2) is 4.79 Å². The van der Waals surface area contributed by atoms with Gasteiger partial charge in [0.15, 0.2) is 0 Å². The van der Waals surface area contributed by atoms with Crippen LogP contribution < -0.4 is 5.73 Å². The number of nitrogens with two attached hydrogens (primary N) is 1. The topological polar surface area (TPSA) is 52.3 Å². The van der Waals surface area contributed by atoms with Crippen LogP contribution in [0.25, 0.3) is 0 Å². The Morgan fingerprint density at radius 3 is 2.35 bits per heavy atom. The van der Waals surface area contributed by atoms with Gasteiger partial charge >= 0.3 is 5.97 Å². The molecule has 2 aromatic carbocycles. The van der Waals surface area contributed by atoms with Crippen molar-refractivity contribution in [1.29, 1.82) is 0 Å². The van der Waals surface area contributed by atoms with Gasteiger partial charge in [0.05, 0.1) is 5.56 Å². The number of carbonyl (C=O) groups is 1. The molecule has 0 aliphatic heterocycles. The molecule has 20 heavy (non-hydrogen) atoms. The number of aryl methyl sites for hydroxylation is 3. The van der Waals surface area contributed by atoms with E-state index in [1.54, 1.807) is 12.1 Å². The minimum absolute atomic E-state index is 0.283. The Hall–Kier alpha value is -2.29. The van der Waals surface area contributed by atoms with E-state index < -0.39 is 0 Å². The van der Waals surface area contributed by atoms with Crippen molar-refractivity contribution in [2.24, 2.45) is 0 Å². The molecular weight excluding hydrogens is 250 g/mol. The largest absolute Gasteiger partial charge is 0.457 e. The zero-order chi connectivity index (χ0) is 14.7. The van der Waals surface area contributed by atoms with Gasteiger partial charge in [-0.05, 0) is 61.2 Å². The van der Waals surface area contributed by atoms with Crippen LogP contribution in [0.15, 0.2) is 36.4 Å². The summed E-state index contributed by atoms with van der Waals surface area (Å²) < 4.78 is 5.39. The SMILES string of the molecule is Cc1cc(N)cc(C(=O)OCc2c(C)cccc2C)c1. The molecule has 0 aromatic heterocycles. The van der Waals surface area contributed by atoms with E-state index in [1.165, 1.54) is 0 Å². The average Bonchev–Trinajstić information content (AvgIpc) is 2.36. The molecule has 2 aromatic rings. The van der Waals surface area contributed by atoms with Crippen molar-refractivity contribution in [2.75, 3.05) is 5.73 Å². The van der Waals surface area contributed by atoms with Gasteiger partial charge in [-0.2, -0.15) is 0 Å². The number of ether oxygens (including phenoxy) is 1. The van der Waals surface area contributed by atoms with Gasteiger partial charge in [-0.1, -0.05) is 18.2 Å². The van der Waals surface area contributed by atoms with Gasteiger partial charge in [0.25, 0.3) is 0 Å². The van der Waals surface area contributed by atoms with Crippen LogP contribution >= 0.6 is 0 Å². The molecule has 2 rings (SSSR count). The van der Waals surface area contributed by atoms with Gasteiger partial charge in [0.2, 0.25) is 0 Å². The van der Waals surface area contributed by atoms with E-state index in [9.17, 15) is 4.79 Å². The van der Waals surface area contributed by atoms with E-state index in [0.717, 1.165) is 22.3 Å². The smallest absolute Gasteiger partial charge is 0.338 e. The van der Waals surface area contributed by atoms with Gasteiger partial charge in [0.1, 0.15) is 6.61 Å². The molecule has 3 nitrogen and oxygen atoms in total. The summed E-state index contributed by atoms with van der Waals surface area (Å²) in [5.74, 6) is -0.344. The van der Waals surface area contributed by atoms with Crippen LogP contribution in [0.3, 0.4) is 0 Å². The number of nitrogen functional groups attached to an aromatic ring is 1. The van der Waals surface area contributed by atoms with Crippen molar-refractivity contribution >= 4 is 11.7 Å². The number of esters is 1. The molecule has 0 unspecified atom stereocenters. The number of hydrogen-bond acceptors (Lipinski definition) is 3. The van der Waals surface area contributed by atoms with E-state index in [-0.39, 0.29) is 12.6 Å². The molecule has 2 N–H and O–H groups in total. The minimum Gasteiger partial charge on any atom is -0.457 e. The summed E-state index contributed by atoms with van der Waals surface area (Å²) in [6.07, 6.45) is 0. The van der Waals surface area contributed by atoms with E-state index >= 15 is 0 Å². The summed E-state index contributed by atoms with van der Waals surface area (Å²) >= 11 is 0. The van der Waals surface area contributed by atoms with Crippen LogP contribution in [-0.2, 0) is 11.3 Å². The Morgan fingerprint density at radius 2 is 1.75 bits per heavy atom. The van der Waals surface area contributed by atoms with Crippen LogP contribution in [0.4, 0.5) is 5.69 Å². The predicted molar refractivity (Wildman–Crippen MR) is 80.6 cm³/mol. The first kappa shape index (κ1) is 14.1. The van der Waals surface area contributed by atoms with Crippen LogP contribution in [0.2, 0.25) is 0 Å². The molecule has 0 heterocycles. The number of rotatable bonds is 3. The summed E-state index contributed by atoms with van der Waals surface area (Å²) in [5.41, 5.74) is 11.1. The summed E-state index contributed by atoms with van der Waals surface area (Å²) in [4.78, 5) is 12.1. The highest BCUT2D eigenvalue weighted by Crippen LogP contribution is 2.17. The molecule has 0 atom stereocenters. The molecule has 0 bridgehead atoms. The van der Waals surface area contributed by atoms with Crippen molar-refractivity contribution in [3.05, 3.63) is 64.2 Å². The monoisotopic (exact) mass is 269 g/mol. The Bertz CT molecular complexity index is 607. The fourth-order valence-electron chi connectivity index (χ4n) is 2.23. The highest BCUT2D eigenvalue weighted by Gasteiger charge is 2.10. The van der Waals surface area contributed by atoms with Gasteiger partial charge in [-0.15, -0.1) is 0 Å². The highest BCUT2D eigenvalue weighted by molar-refractivity contribution is 5.90. The lowest BCUT2D eigenvalue weighted by molar-refractivity contribution is 0.0471. The highest BCUT2D eigenvalue weighted by atomic mass is 16.5. The lowest BCUT2D eigenvalue weighted by Crippen LogP contribution is -2.08. The van der Waals surface area contributed by atoms with Crippen LogP contribution in [0.1, 0.15) is 32.6 Å². The second-order valence-corrected chi connectivity index (χ2v) is 5.08. The molecule has 104 valence electrons. The normalized spacial score (nSPS) is 10.3. The Labute approximate surface area is 119 Å². The predicted octanol–water partition coefficient (Wildman–Crippen LogP) is 3.55. The molecule has 0 aliphatic rings. The number of carbonyl (C=O) groups excluding carboxylic acids is 1. The van der Waals surface area contributed by atoms with Crippen molar-refractivity contribution in [1.82, 2.24) is 0 Å². The lowest BCUT2D eigenvalue weighted by Gasteiger charge is -2.11. The maximum Gasteiger partial charge on any atom is 0.338 e. The molecule has 0 radical (unpaired) electrons. The summed E-state index contributed by atoms with van der Waals surface area (Å²) in [7, 11) is 0. The van der Waals surface area contributed by atoms with Crippen molar-refractivity contribution in [3.63, 3.8) is 0 Å². The van der Waals surface area contributed by atoms with Crippen LogP contribution in [0, 0.1) is 20.8 Å². The first-order chi connectivity index (χ1) is 9.47. The van der Waals surface area contributed by atoms with Gasteiger partial charge in [-0.3, -0.25) is 0 Å². The number of anilines is 1. The first-order valence-corrected chi connectivity index (χ1v) is 6.57. The third-order valence-corrected chi connectivity index (χ3v) is 3.33. The molecular formula is C17H19NO2. The van der Waals surface area contributed by atoms with Gasteiger partial charge < -0.3 is 10.5 Å². The zero-order valence-corrected chi connectivity index (χ0v) is 12.1. The second-order valence-electron chi connectivity index (χ2n) is 5.08. The van der Waals surface area contributed by atoms with Gasteiger partial charge in [0, 0.05) is 5.69 Å². The van der Waals surface area contributed by atoms with E-state index in [0.29, 0.717) is 11.3 Å². The fraction of sp³-hybridized carbons (Fsp3) is 0.235. The van der Waals surface area contributed by atoms with E-state index in [2.05, 4.69) is 0 Å². The molecule has 0 amide bonds. The molecule has 0 saturated heterocycles. The number of benzene rings is 2. The maximum absolute atomic E-state index is 12.1. The van der Waals surface area contributed by atoms with Crippen LogP contribution in [0.5, 0.6) is 0 Å². The molecule has 0 saturated carbocycles. The first-order valence-electron chi connectivity index (χ1n) is 6.57. The van der Waals surface area contributed by atoms with Crippen molar-refractivity contribution < 1.29 is 9.53 Å². The molecule has 3 heteroatoms. The molecule has 0 aliphatic carbocycles. The molecule has 0 spiro atoms. The van der Waals surface area contributed by atoms with Crippen LogP contribution in [-0.4, -0.2) is 5.97 Å². The lowest BCUT2D eigenvalue weighted by atomic mass is 10.0. The van der Waals surface area contributed by atoms with Crippen molar-refractivity contribution in [2.45, 2.75) is 27.4 Å². The quantitative estimate of drug-likeness (QED) is 0.684. The van der Waals surface area contributed by atoms with E-state index in [1.807, 2.05) is 45.0 Å². The Kier molecular flexibility index (Phi) is 4.08. The minimum atomic E-state index is -0.344. The standard InChI is InChI=1S/C17H19NO2/c1-11-7-14(9-15(18)8-11)17(19)20-10-16-12(2)5-4-6-13(16)3/h4-9H,10,18H2,1-3H3. The summed E-state index contributed by atoms with van der Waals surface area (Å²) in [6.45, 7) is 6.21. The third-order valence-electron chi connectivity index (χ3n) is 3.33. The Morgan fingerprint density at radius 1 is 1.10 bits per heavy atom. The fourth-order valence-corrected chi connectivity index (χ4v) is 2.23. The van der Waals surface area contributed by atoms with E-state index in [4.69, 9.17) is 10.5 Å². The summed E-state index contributed by atoms with van der Waals surface area (Å²) in [5, 5.41) is 0. The maximum atomic E-state index is 12.1. The summed E-state index contributed by atoms with van der Waals surface area (Å²) in [6, 6.07) is 11.3. The second kappa shape index (κ2) is 5.78. The molecule has 0 fully saturated rings. The average molecular weight is 269 g/mol.